The van der Waals surface area contributed by atoms with E-state index in [1.165, 1.54) is 17.5 Å². The fourth-order valence-electron chi connectivity index (χ4n) is 4.38. The Labute approximate surface area is 166 Å². The highest BCUT2D eigenvalue weighted by atomic mass is 16.5. The SMILES string of the molecule is COc1cc2c(cc1OC)CN(C(=O)NCC1(c3ccccc3)CCC1)CC2. The average molecular weight is 380 g/mol. The maximum Gasteiger partial charge on any atom is 0.317 e. The van der Waals surface area contributed by atoms with Crippen molar-refractivity contribution in [3.05, 3.63) is 59.2 Å². The van der Waals surface area contributed by atoms with Gasteiger partial charge in [-0.15, -0.1) is 0 Å². The van der Waals surface area contributed by atoms with Crippen LogP contribution >= 0.6 is 0 Å². The van der Waals surface area contributed by atoms with E-state index in [-0.39, 0.29) is 11.4 Å². The quantitative estimate of drug-likeness (QED) is 0.856. The Balaban J connectivity index is 1.43. The fourth-order valence-corrected chi connectivity index (χ4v) is 4.38. The van der Waals surface area contributed by atoms with Crippen molar-refractivity contribution in [1.29, 1.82) is 0 Å². The van der Waals surface area contributed by atoms with Gasteiger partial charge in [-0.3, -0.25) is 0 Å². The zero-order valence-corrected chi connectivity index (χ0v) is 16.7. The van der Waals surface area contributed by atoms with Crippen LogP contribution in [0, 0.1) is 0 Å². The Morgan fingerprint density at radius 2 is 1.75 bits per heavy atom. The van der Waals surface area contributed by atoms with Crippen molar-refractivity contribution in [2.24, 2.45) is 0 Å². The van der Waals surface area contributed by atoms with Gasteiger partial charge in [0, 0.05) is 25.0 Å². The number of hydrogen-bond donors (Lipinski definition) is 1. The first-order valence-electron chi connectivity index (χ1n) is 9.97. The van der Waals surface area contributed by atoms with Crippen molar-refractivity contribution in [1.82, 2.24) is 10.2 Å². The summed E-state index contributed by atoms with van der Waals surface area (Å²) >= 11 is 0. The van der Waals surface area contributed by atoms with E-state index in [4.69, 9.17) is 9.47 Å². The van der Waals surface area contributed by atoms with Crippen molar-refractivity contribution in [2.75, 3.05) is 27.3 Å². The number of amides is 2. The Morgan fingerprint density at radius 1 is 1.07 bits per heavy atom. The van der Waals surface area contributed by atoms with Crippen molar-refractivity contribution in [3.63, 3.8) is 0 Å². The normalized spacial score (nSPS) is 17.3. The molecule has 5 heteroatoms. The fraction of sp³-hybridized carbons (Fsp3) is 0.435. The highest BCUT2D eigenvalue weighted by Gasteiger charge is 2.39. The zero-order valence-electron chi connectivity index (χ0n) is 16.7. The van der Waals surface area contributed by atoms with Crippen LogP contribution in [-0.2, 0) is 18.4 Å². The molecule has 148 valence electrons. The number of hydrogen-bond acceptors (Lipinski definition) is 3. The van der Waals surface area contributed by atoms with Gasteiger partial charge < -0.3 is 19.7 Å². The molecular formula is C23H28N2O3. The molecule has 4 rings (SSSR count). The minimum absolute atomic E-state index is 0.0163. The average Bonchev–Trinajstić information content (AvgIpc) is 2.72. The smallest absolute Gasteiger partial charge is 0.317 e. The van der Waals surface area contributed by atoms with E-state index in [9.17, 15) is 4.79 Å². The summed E-state index contributed by atoms with van der Waals surface area (Å²) in [7, 11) is 3.29. The predicted octanol–water partition coefficient (Wildman–Crippen LogP) is 3.89. The van der Waals surface area contributed by atoms with Crippen molar-refractivity contribution in [3.8, 4) is 11.5 Å². The molecule has 1 N–H and O–H groups in total. The third-order valence-electron chi connectivity index (χ3n) is 6.28. The number of nitrogens with one attached hydrogen (secondary N) is 1. The van der Waals surface area contributed by atoms with Gasteiger partial charge in [-0.25, -0.2) is 4.79 Å². The lowest BCUT2D eigenvalue weighted by molar-refractivity contribution is 0.178. The molecule has 2 aliphatic rings. The number of fused-ring (bicyclic) bond motifs is 1. The first-order chi connectivity index (χ1) is 13.6. The van der Waals surface area contributed by atoms with Crippen LogP contribution < -0.4 is 14.8 Å². The Bertz CT molecular complexity index is 846. The van der Waals surface area contributed by atoms with Gasteiger partial charge in [-0.2, -0.15) is 0 Å². The molecular weight excluding hydrogens is 352 g/mol. The summed E-state index contributed by atoms with van der Waals surface area (Å²) in [4.78, 5) is 14.8. The Kier molecular flexibility index (Phi) is 5.16. The van der Waals surface area contributed by atoms with E-state index < -0.39 is 0 Å². The lowest BCUT2D eigenvalue weighted by Gasteiger charge is -2.43. The van der Waals surface area contributed by atoms with Crippen molar-refractivity contribution < 1.29 is 14.3 Å². The van der Waals surface area contributed by atoms with Gasteiger partial charge >= 0.3 is 6.03 Å². The van der Waals surface area contributed by atoms with Crippen LogP contribution in [0.4, 0.5) is 4.79 Å². The number of benzene rings is 2. The van der Waals surface area contributed by atoms with E-state index >= 15 is 0 Å². The van der Waals surface area contributed by atoms with E-state index in [0.717, 1.165) is 30.6 Å². The summed E-state index contributed by atoms with van der Waals surface area (Å²) in [6.45, 7) is 2.01. The van der Waals surface area contributed by atoms with Gasteiger partial charge in [0.25, 0.3) is 0 Å². The third-order valence-corrected chi connectivity index (χ3v) is 6.28. The molecule has 1 aliphatic heterocycles. The molecule has 0 atom stereocenters. The van der Waals surface area contributed by atoms with Crippen molar-refractivity contribution >= 4 is 6.03 Å². The topological polar surface area (TPSA) is 50.8 Å². The number of urea groups is 1. The number of carbonyl (C=O) groups excluding carboxylic acids is 1. The van der Waals surface area contributed by atoms with E-state index in [0.29, 0.717) is 25.4 Å². The number of nitrogens with zero attached hydrogens (tertiary/aromatic N) is 1. The molecule has 1 aliphatic carbocycles. The summed E-state index contributed by atoms with van der Waals surface area (Å²) in [5, 5.41) is 3.21. The second-order valence-corrected chi connectivity index (χ2v) is 7.81. The first-order valence-corrected chi connectivity index (χ1v) is 9.97. The highest BCUT2D eigenvalue weighted by molar-refractivity contribution is 5.75. The molecule has 0 bridgehead atoms. The molecule has 0 saturated heterocycles. The maximum atomic E-state index is 12.9. The largest absolute Gasteiger partial charge is 0.493 e. The number of rotatable bonds is 5. The molecule has 0 spiro atoms. The second kappa shape index (κ2) is 7.74. The monoisotopic (exact) mass is 380 g/mol. The van der Waals surface area contributed by atoms with Gasteiger partial charge in [-0.05, 0) is 48.1 Å². The summed E-state index contributed by atoms with van der Waals surface area (Å²) in [6.07, 6.45) is 4.32. The molecule has 1 saturated carbocycles. The van der Waals surface area contributed by atoms with E-state index in [1.54, 1.807) is 14.2 Å². The predicted molar refractivity (Wildman–Crippen MR) is 109 cm³/mol. The van der Waals surface area contributed by atoms with Crippen LogP contribution in [0.15, 0.2) is 42.5 Å². The summed E-state index contributed by atoms with van der Waals surface area (Å²) in [5.74, 6) is 1.45. The molecule has 1 heterocycles. The summed E-state index contributed by atoms with van der Waals surface area (Å²) in [5.41, 5.74) is 3.78. The van der Waals surface area contributed by atoms with Gasteiger partial charge in [0.05, 0.1) is 14.2 Å². The lowest BCUT2D eigenvalue weighted by Crippen LogP contribution is -2.50. The van der Waals surface area contributed by atoms with Crippen LogP contribution in [0.25, 0.3) is 0 Å². The molecule has 2 amide bonds. The Hall–Kier alpha value is -2.69. The number of methoxy groups -OCH3 is 2. The summed E-state index contributed by atoms with van der Waals surface area (Å²) in [6, 6.07) is 14.6. The molecule has 0 radical (unpaired) electrons. The van der Waals surface area contributed by atoms with E-state index in [2.05, 4.69) is 29.6 Å². The Morgan fingerprint density at radius 3 is 2.36 bits per heavy atom. The minimum atomic E-state index is 0.0163. The number of ether oxygens (including phenoxy) is 2. The first kappa shape index (κ1) is 18.7. The molecule has 0 unspecified atom stereocenters. The number of carbonyl (C=O) groups is 1. The molecule has 1 fully saturated rings. The molecule has 2 aromatic rings. The highest BCUT2D eigenvalue weighted by Crippen LogP contribution is 2.43. The van der Waals surface area contributed by atoms with Crippen LogP contribution in [0.1, 0.15) is 36.0 Å². The molecule has 2 aromatic carbocycles. The van der Waals surface area contributed by atoms with Gasteiger partial charge in [0.1, 0.15) is 0 Å². The lowest BCUT2D eigenvalue weighted by atomic mass is 9.64. The van der Waals surface area contributed by atoms with E-state index in [1.807, 2.05) is 23.1 Å². The second-order valence-electron chi connectivity index (χ2n) is 7.81. The molecule has 28 heavy (non-hydrogen) atoms. The zero-order chi connectivity index (χ0) is 19.6. The van der Waals surface area contributed by atoms with Gasteiger partial charge in [0.15, 0.2) is 11.5 Å². The maximum absolute atomic E-state index is 12.9. The van der Waals surface area contributed by atoms with Crippen LogP contribution in [0.5, 0.6) is 11.5 Å². The van der Waals surface area contributed by atoms with Crippen LogP contribution in [0.3, 0.4) is 0 Å². The standard InChI is InChI=1S/C23H28N2O3/c1-27-20-13-17-9-12-25(15-18(17)14-21(20)28-2)22(26)24-16-23(10-6-11-23)19-7-4-3-5-8-19/h3-5,7-8,13-14H,6,9-12,15-16H2,1-2H3,(H,24,26). The third kappa shape index (κ3) is 3.41. The van der Waals surface area contributed by atoms with Crippen molar-refractivity contribution in [2.45, 2.75) is 37.6 Å². The van der Waals surface area contributed by atoms with Crippen LogP contribution in [0.2, 0.25) is 0 Å². The molecule has 5 nitrogen and oxygen atoms in total. The van der Waals surface area contributed by atoms with Gasteiger partial charge in [-0.1, -0.05) is 36.8 Å². The minimum Gasteiger partial charge on any atom is -0.493 e. The molecule has 0 aromatic heterocycles. The van der Waals surface area contributed by atoms with Crippen LogP contribution in [-0.4, -0.2) is 38.2 Å². The summed E-state index contributed by atoms with van der Waals surface area (Å²) < 4.78 is 10.8. The van der Waals surface area contributed by atoms with Gasteiger partial charge in [0.2, 0.25) is 0 Å².